The molecule has 9 heteroatoms. The van der Waals surface area contributed by atoms with Crippen molar-refractivity contribution >= 4 is 33.2 Å². The largest absolute Gasteiger partial charge is 0.476 e. The van der Waals surface area contributed by atoms with Crippen LogP contribution in [0.25, 0.3) is 0 Å². The predicted octanol–water partition coefficient (Wildman–Crippen LogP) is 2.69. The fourth-order valence-corrected chi connectivity index (χ4v) is 4.20. The van der Waals surface area contributed by atoms with Crippen molar-refractivity contribution in [2.75, 3.05) is 29.0 Å². The van der Waals surface area contributed by atoms with Crippen LogP contribution in [-0.2, 0) is 14.8 Å². The van der Waals surface area contributed by atoms with Gasteiger partial charge in [-0.15, -0.1) is 0 Å². The van der Waals surface area contributed by atoms with E-state index in [-0.39, 0.29) is 12.5 Å². The van der Waals surface area contributed by atoms with E-state index in [0.717, 1.165) is 24.7 Å². The quantitative estimate of drug-likeness (QED) is 0.638. The van der Waals surface area contributed by atoms with Crippen molar-refractivity contribution in [3.8, 4) is 5.75 Å². The van der Waals surface area contributed by atoms with Crippen LogP contribution in [0.3, 0.4) is 0 Å². The number of carbonyl (C=O) groups excluding carboxylic acids is 2. The Morgan fingerprint density at radius 3 is 2.65 bits per heavy atom. The number of sulfonamides is 1. The van der Waals surface area contributed by atoms with Crippen LogP contribution in [0, 0.1) is 6.92 Å². The van der Waals surface area contributed by atoms with E-state index < -0.39 is 22.0 Å². The first-order valence-corrected chi connectivity index (χ1v) is 12.0. The summed E-state index contributed by atoms with van der Waals surface area (Å²) in [5, 5.41) is 5.55. The van der Waals surface area contributed by atoms with E-state index in [1.807, 2.05) is 13.8 Å². The number of amides is 2. The molecule has 166 valence electrons. The van der Waals surface area contributed by atoms with Crippen LogP contribution in [0.1, 0.15) is 35.7 Å². The number of nitrogens with one attached hydrogen (secondary N) is 2. The molecule has 1 aliphatic rings. The van der Waals surface area contributed by atoms with Crippen molar-refractivity contribution in [1.29, 1.82) is 0 Å². The number of para-hydroxylation sites is 1. The van der Waals surface area contributed by atoms with E-state index in [1.54, 1.807) is 42.5 Å². The second kappa shape index (κ2) is 9.38. The highest BCUT2D eigenvalue weighted by Crippen LogP contribution is 2.36. The second-order valence-electron chi connectivity index (χ2n) is 7.52. The fourth-order valence-electron chi connectivity index (χ4n) is 3.29. The lowest BCUT2D eigenvalue weighted by molar-refractivity contribution is -0.122. The van der Waals surface area contributed by atoms with Crippen LogP contribution in [0.15, 0.2) is 42.5 Å². The minimum absolute atomic E-state index is 0.161. The number of nitrogens with zero attached hydrogens (tertiary/aromatic N) is 1. The van der Waals surface area contributed by atoms with Crippen LogP contribution in [0.5, 0.6) is 5.75 Å². The maximum absolute atomic E-state index is 13.0. The average Bonchev–Trinajstić information content (AvgIpc) is 2.72. The average molecular weight is 446 g/mol. The van der Waals surface area contributed by atoms with Crippen molar-refractivity contribution in [2.24, 2.45) is 0 Å². The Hall–Kier alpha value is -3.07. The molecular formula is C22H27N3O5S. The summed E-state index contributed by atoms with van der Waals surface area (Å²) >= 11 is 0. The SMILES string of the molecule is CCCCNC(=O)c1ccccc1NC(=O)[C@H]1CN(S(C)(=O)=O)c2cc(C)ccc2O1. The molecule has 0 saturated carbocycles. The fraction of sp³-hybridized carbons (Fsp3) is 0.364. The second-order valence-corrected chi connectivity index (χ2v) is 9.42. The van der Waals surface area contributed by atoms with Crippen molar-refractivity contribution in [2.45, 2.75) is 32.8 Å². The molecule has 1 atom stereocenters. The maximum Gasteiger partial charge on any atom is 0.267 e. The summed E-state index contributed by atoms with van der Waals surface area (Å²) in [6, 6.07) is 11.8. The van der Waals surface area contributed by atoms with Crippen LogP contribution < -0.4 is 19.7 Å². The molecule has 0 radical (unpaired) electrons. The molecule has 2 aromatic rings. The number of carbonyl (C=O) groups is 2. The minimum Gasteiger partial charge on any atom is -0.476 e. The highest BCUT2D eigenvalue weighted by molar-refractivity contribution is 7.92. The summed E-state index contributed by atoms with van der Waals surface area (Å²) in [4.78, 5) is 25.5. The Bertz CT molecular complexity index is 1080. The number of rotatable bonds is 7. The van der Waals surface area contributed by atoms with Crippen molar-refractivity contribution in [3.63, 3.8) is 0 Å². The Kier molecular flexibility index (Phi) is 6.84. The standard InChI is InChI=1S/C22H27N3O5S/c1-4-5-12-23-21(26)16-8-6-7-9-17(16)24-22(27)20-14-25(31(3,28)29)18-13-15(2)10-11-19(18)30-20/h6-11,13,20H,4-5,12,14H2,1-3H3,(H,23,26)(H,24,27)/t20-/m1/s1. The topological polar surface area (TPSA) is 105 Å². The molecule has 0 aromatic heterocycles. The Morgan fingerprint density at radius 1 is 1.19 bits per heavy atom. The molecule has 1 aliphatic heterocycles. The van der Waals surface area contributed by atoms with E-state index in [1.165, 1.54) is 4.31 Å². The van der Waals surface area contributed by atoms with E-state index in [2.05, 4.69) is 10.6 Å². The van der Waals surface area contributed by atoms with Gasteiger partial charge in [0.1, 0.15) is 5.75 Å². The molecule has 2 aromatic carbocycles. The first kappa shape index (κ1) is 22.6. The van der Waals surface area contributed by atoms with Gasteiger partial charge >= 0.3 is 0 Å². The first-order chi connectivity index (χ1) is 14.7. The number of hydrogen-bond donors (Lipinski definition) is 2. The van der Waals surface area contributed by atoms with E-state index >= 15 is 0 Å². The number of hydrogen-bond acceptors (Lipinski definition) is 5. The smallest absolute Gasteiger partial charge is 0.267 e. The normalized spacial score (nSPS) is 15.6. The third-order valence-corrected chi connectivity index (χ3v) is 6.07. The van der Waals surface area contributed by atoms with Crippen molar-refractivity contribution in [3.05, 3.63) is 53.6 Å². The van der Waals surface area contributed by atoms with Gasteiger partial charge in [0.05, 0.1) is 29.7 Å². The van der Waals surface area contributed by atoms with Gasteiger partial charge in [0, 0.05) is 6.54 Å². The third kappa shape index (κ3) is 5.35. The lowest BCUT2D eigenvalue weighted by Crippen LogP contribution is -2.48. The molecule has 0 spiro atoms. The lowest BCUT2D eigenvalue weighted by Gasteiger charge is -2.34. The monoisotopic (exact) mass is 445 g/mol. The third-order valence-electron chi connectivity index (χ3n) is 4.92. The van der Waals surface area contributed by atoms with Gasteiger partial charge in [-0.1, -0.05) is 31.5 Å². The van der Waals surface area contributed by atoms with E-state index in [4.69, 9.17) is 4.74 Å². The number of fused-ring (bicyclic) bond motifs is 1. The predicted molar refractivity (Wildman–Crippen MR) is 120 cm³/mol. The summed E-state index contributed by atoms with van der Waals surface area (Å²) in [5.74, 6) is -0.505. The molecule has 0 saturated heterocycles. The zero-order valence-corrected chi connectivity index (χ0v) is 18.7. The van der Waals surface area contributed by atoms with Crippen molar-refractivity contribution < 1.29 is 22.7 Å². The Labute approximate surface area is 182 Å². The molecule has 0 unspecified atom stereocenters. The van der Waals surface area contributed by atoms with Gasteiger partial charge in [0.2, 0.25) is 10.0 Å². The molecule has 0 aliphatic carbocycles. The number of ether oxygens (including phenoxy) is 1. The van der Waals surface area contributed by atoms with Gasteiger partial charge in [-0.2, -0.15) is 0 Å². The van der Waals surface area contributed by atoms with Crippen LogP contribution in [-0.4, -0.2) is 45.7 Å². The summed E-state index contributed by atoms with van der Waals surface area (Å²) in [6.07, 6.45) is 1.84. The first-order valence-electron chi connectivity index (χ1n) is 10.1. The number of benzene rings is 2. The summed E-state index contributed by atoms with van der Waals surface area (Å²) in [6.45, 7) is 4.26. The highest BCUT2D eigenvalue weighted by Gasteiger charge is 2.35. The van der Waals surface area contributed by atoms with Gasteiger partial charge in [-0.3, -0.25) is 13.9 Å². The summed E-state index contributed by atoms with van der Waals surface area (Å²) in [5.41, 5.74) is 1.95. The van der Waals surface area contributed by atoms with Gasteiger partial charge in [0.25, 0.3) is 11.8 Å². The molecule has 31 heavy (non-hydrogen) atoms. The molecule has 2 N–H and O–H groups in total. The van der Waals surface area contributed by atoms with Gasteiger partial charge < -0.3 is 15.4 Å². The molecule has 1 heterocycles. The molecule has 0 fully saturated rings. The van der Waals surface area contributed by atoms with Crippen LogP contribution in [0.2, 0.25) is 0 Å². The van der Waals surface area contributed by atoms with E-state index in [9.17, 15) is 18.0 Å². The number of aryl methyl sites for hydroxylation is 1. The van der Waals surface area contributed by atoms with Crippen LogP contribution >= 0.6 is 0 Å². The van der Waals surface area contributed by atoms with Gasteiger partial charge in [-0.05, 0) is 43.2 Å². The molecular weight excluding hydrogens is 418 g/mol. The van der Waals surface area contributed by atoms with Crippen LogP contribution in [0.4, 0.5) is 11.4 Å². The number of anilines is 2. The minimum atomic E-state index is -3.62. The highest BCUT2D eigenvalue weighted by atomic mass is 32.2. The summed E-state index contributed by atoms with van der Waals surface area (Å²) in [7, 11) is -3.62. The Morgan fingerprint density at radius 2 is 1.94 bits per heavy atom. The Balaban J connectivity index is 1.82. The molecule has 0 bridgehead atoms. The molecule has 2 amide bonds. The molecule has 8 nitrogen and oxygen atoms in total. The van der Waals surface area contributed by atoms with Gasteiger partial charge in [-0.25, -0.2) is 8.42 Å². The van der Waals surface area contributed by atoms with Gasteiger partial charge in [0.15, 0.2) is 6.10 Å². The molecule has 3 rings (SSSR count). The summed E-state index contributed by atoms with van der Waals surface area (Å²) < 4.78 is 31.7. The number of unbranched alkanes of at least 4 members (excludes halogenated alkanes) is 1. The zero-order chi connectivity index (χ0) is 22.6. The van der Waals surface area contributed by atoms with E-state index in [0.29, 0.717) is 29.2 Å². The maximum atomic E-state index is 13.0. The van der Waals surface area contributed by atoms with Crippen molar-refractivity contribution in [1.82, 2.24) is 5.32 Å². The zero-order valence-electron chi connectivity index (χ0n) is 17.8. The lowest BCUT2D eigenvalue weighted by atomic mass is 10.1.